The Hall–Kier alpha value is -8.34. The lowest BCUT2D eigenvalue weighted by Crippen LogP contribution is -2.30. The smallest absolute Gasteiger partial charge is 0.0560 e. The van der Waals surface area contributed by atoms with Gasteiger partial charge in [-0.05, 0) is 193 Å². The molecule has 10 rings (SSSR count). The highest BCUT2D eigenvalue weighted by atomic mass is 15.2. The summed E-state index contributed by atoms with van der Waals surface area (Å²) in [6.07, 6.45) is 7.88. The van der Waals surface area contributed by atoms with Gasteiger partial charge < -0.3 is 19.6 Å². The highest BCUT2D eigenvalue weighted by molar-refractivity contribution is 5.83. The largest absolute Gasteiger partial charge is 0.334 e. The molecule has 1 atom stereocenters. The Labute approximate surface area is 415 Å². The zero-order valence-corrected chi connectivity index (χ0v) is 41.1. The summed E-state index contributed by atoms with van der Waals surface area (Å²) in [5.74, 6) is 0. The fourth-order valence-electron chi connectivity index (χ4n) is 9.38. The van der Waals surface area contributed by atoms with Gasteiger partial charge in [0.2, 0.25) is 0 Å². The molecule has 9 aromatic rings. The van der Waals surface area contributed by atoms with Gasteiger partial charge in [-0.25, -0.2) is 0 Å². The van der Waals surface area contributed by atoms with Crippen LogP contribution in [0.1, 0.15) is 41.2 Å². The van der Waals surface area contributed by atoms with Crippen LogP contribution in [0.4, 0.5) is 62.6 Å². The molecule has 0 spiro atoms. The Bertz CT molecular complexity index is 3130. The number of nitrogens with zero attached hydrogens (tertiary/aromatic N) is 4. The summed E-state index contributed by atoms with van der Waals surface area (Å²) in [6.45, 7) is 12.9. The van der Waals surface area contributed by atoms with E-state index in [1.807, 2.05) is 0 Å². The molecule has 4 nitrogen and oxygen atoms in total. The molecule has 0 saturated heterocycles. The fourth-order valence-corrected chi connectivity index (χ4v) is 9.38. The van der Waals surface area contributed by atoms with E-state index < -0.39 is 0 Å². The van der Waals surface area contributed by atoms with E-state index in [9.17, 15) is 0 Å². The molecule has 0 aliphatic heterocycles. The third-order valence-corrected chi connectivity index (χ3v) is 13.4. The van der Waals surface area contributed by atoms with Gasteiger partial charge in [0.15, 0.2) is 0 Å². The molecule has 0 fully saturated rings. The first-order valence-corrected chi connectivity index (χ1v) is 24.4. The van der Waals surface area contributed by atoms with Crippen LogP contribution in [-0.2, 0) is 0 Å². The van der Waals surface area contributed by atoms with Crippen LogP contribution in [0.2, 0.25) is 0 Å². The lowest BCUT2D eigenvalue weighted by atomic mass is 9.99. The van der Waals surface area contributed by atoms with Gasteiger partial charge in [0.25, 0.3) is 0 Å². The van der Waals surface area contributed by atoms with E-state index in [2.05, 4.69) is 298 Å². The predicted octanol–water partition coefficient (Wildman–Crippen LogP) is 18.7. The van der Waals surface area contributed by atoms with E-state index in [0.717, 1.165) is 69.0 Å². The van der Waals surface area contributed by atoms with Gasteiger partial charge in [-0.2, -0.15) is 0 Å². The maximum absolute atomic E-state index is 2.48. The van der Waals surface area contributed by atoms with Gasteiger partial charge >= 0.3 is 0 Å². The van der Waals surface area contributed by atoms with Crippen LogP contribution < -0.4 is 19.6 Å². The Morgan fingerprint density at radius 2 is 0.486 bits per heavy atom. The van der Waals surface area contributed by atoms with Crippen LogP contribution in [0.25, 0.3) is 11.1 Å². The van der Waals surface area contributed by atoms with E-state index in [1.54, 1.807) is 0 Å². The summed E-state index contributed by atoms with van der Waals surface area (Å²) in [5, 5.41) is 0. The number of hydrogen-bond acceptors (Lipinski definition) is 4. The molecule has 1 aliphatic rings. The molecule has 0 N–H and O–H groups in total. The van der Waals surface area contributed by atoms with Crippen molar-refractivity contribution < 1.29 is 0 Å². The number of allylic oxidation sites excluding steroid dienone is 2. The Kier molecular flexibility index (Phi) is 13.0. The summed E-state index contributed by atoms with van der Waals surface area (Å²) in [5.41, 5.74) is 22.2. The SMILES string of the molecule is CC1=CCC(N(c2ccc(-c3ccc(N(c4ccc(C)cc4)c4ccc(N(c5ccc(C)cc5)c5ccc(C)cc5)cc4)cc3)cc2)c2ccc(N(c3ccc(C)cc3)c3ccc(C)cc3)cc2)C=C1. The minimum Gasteiger partial charge on any atom is -0.334 e. The van der Waals surface area contributed by atoms with Crippen molar-refractivity contribution in [3.05, 3.63) is 270 Å². The molecule has 1 aliphatic carbocycles. The van der Waals surface area contributed by atoms with Gasteiger partial charge in [0.05, 0.1) is 6.04 Å². The second-order valence-electron chi connectivity index (χ2n) is 18.8. The van der Waals surface area contributed by atoms with E-state index in [0.29, 0.717) is 0 Å². The van der Waals surface area contributed by atoms with E-state index in [-0.39, 0.29) is 6.04 Å². The first-order chi connectivity index (χ1) is 34.1. The molecule has 0 heterocycles. The molecular formula is C66H60N4. The van der Waals surface area contributed by atoms with Crippen LogP contribution in [0.15, 0.2) is 242 Å². The highest BCUT2D eigenvalue weighted by Crippen LogP contribution is 2.42. The molecule has 344 valence electrons. The molecule has 0 radical (unpaired) electrons. The molecule has 0 saturated carbocycles. The summed E-state index contributed by atoms with van der Waals surface area (Å²) < 4.78 is 0. The van der Waals surface area contributed by atoms with Gasteiger partial charge in [-0.15, -0.1) is 0 Å². The van der Waals surface area contributed by atoms with Gasteiger partial charge in [-0.1, -0.05) is 137 Å². The molecule has 9 aromatic carbocycles. The van der Waals surface area contributed by atoms with E-state index in [4.69, 9.17) is 0 Å². The summed E-state index contributed by atoms with van der Waals surface area (Å²) in [4.78, 5) is 9.48. The zero-order valence-electron chi connectivity index (χ0n) is 41.1. The first kappa shape index (κ1) is 45.4. The first-order valence-electron chi connectivity index (χ1n) is 24.4. The quantitative estimate of drug-likeness (QED) is 0.114. The number of benzene rings is 9. The van der Waals surface area contributed by atoms with Crippen molar-refractivity contribution in [2.45, 2.75) is 54.0 Å². The maximum Gasteiger partial charge on any atom is 0.0560 e. The Morgan fingerprint density at radius 3 is 0.729 bits per heavy atom. The van der Waals surface area contributed by atoms with Gasteiger partial charge in [0.1, 0.15) is 0 Å². The van der Waals surface area contributed by atoms with Crippen molar-refractivity contribution in [3.8, 4) is 11.1 Å². The molecule has 0 amide bonds. The van der Waals surface area contributed by atoms with Gasteiger partial charge in [-0.3, -0.25) is 0 Å². The third-order valence-electron chi connectivity index (χ3n) is 13.4. The molecule has 70 heavy (non-hydrogen) atoms. The van der Waals surface area contributed by atoms with Crippen molar-refractivity contribution in [1.82, 2.24) is 0 Å². The number of aryl methyl sites for hydroxylation is 5. The van der Waals surface area contributed by atoms with Crippen LogP contribution in [0, 0.1) is 34.6 Å². The zero-order chi connectivity index (χ0) is 48.1. The molecular weight excluding hydrogens is 849 g/mol. The van der Waals surface area contributed by atoms with Crippen LogP contribution in [-0.4, -0.2) is 6.04 Å². The summed E-state index contributed by atoms with van der Waals surface area (Å²) >= 11 is 0. The molecule has 0 bridgehead atoms. The van der Waals surface area contributed by atoms with Crippen LogP contribution >= 0.6 is 0 Å². The van der Waals surface area contributed by atoms with Crippen molar-refractivity contribution in [2.75, 3.05) is 19.6 Å². The minimum absolute atomic E-state index is 0.181. The second kappa shape index (κ2) is 20.1. The molecule has 4 heteroatoms. The second-order valence-corrected chi connectivity index (χ2v) is 18.8. The fraction of sp³-hybridized carbons (Fsp3) is 0.121. The normalized spacial score (nSPS) is 13.1. The van der Waals surface area contributed by atoms with Crippen LogP contribution in [0.5, 0.6) is 0 Å². The standard InChI is InChI=1S/C66H60N4/c1-47-7-23-55(24-8-47)67(56-25-9-48(2)10-26-56)63-39-43-65(44-40-63)69(59-31-15-51(5)16-32-59)61-35-19-53(20-36-61)54-21-37-62(38-22-54)70(60-33-17-52(6)18-34-60)66-45-41-64(42-46-66)68(57-27-11-49(3)12-28-57)58-29-13-50(4)14-30-58/h7-33,35-46,60H,34H2,1-6H3. The van der Waals surface area contributed by atoms with Crippen LogP contribution in [0.3, 0.4) is 0 Å². The van der Waals surface area contributed by atoms with Gasteiger partial charge in [0, 0.05) is 62.6 Å². The van der Waals surface area contributed by atoms with Crippen molar-refractivity contribution >= 4 is 62.6 Å². The topological polar surface area (TPSA) is 13.0 Å². The summed E-state index contributed by atoms with van der Waals surface area (Å²) in [6, 6.07) is 80.1. The van der Waals surface area contributed by atoms with E-state index >= 15 is 0 Å². The maximum atomic E-state index is 2.48. The predicted molar refractivity (Wildman–Crippen MR) is 299 cm³/mol. The summed E-state index contributed by atoms with van der Waals surface area (Å²) in [7, 11) is 0. The van der Waals surface area contributed by atoms with Crippen molar-refractivity contribution in [2.24, 2.45) is 0 Å². The highest BCUT2D eigenvalue weighted by Gasteiger charge is 2.22. The lowest BCUT2D eigenvalue weighted by molar-refractivity contribution is 0.779. The minimum atomic E-state index is 0.181. The number of hydrogen-bond donors (Lipinski definition) is 0. The monoisotopic (exact) mass is 908 g/mol. The van der Waals surface area contributed by atoms with E-state index in [1.165, 1.54) is 44.5 Å². The lowest BCUT2D eigenvalue weighted by Gasteiger charge is -2.34. The Balaban J connectivity index is 0.939. The Morgan fingerprint density at radius 1 is 0.271 bits per heavy atom. The average molecular weight is 909 g/mol. The average Bonchev–Trinajstić information content (AvgIpc) is 3.39. The number of anilines is 11. The van der Waals surface area contributed by atoms with Crippen molar-refractivity contribution in [1.29, 1.82) is 0 Å². The number of rotatable bonds is 13. The van der Waals surface area contributed by atoms with Crippen molar-refractivity contribution in [3.63, 3.8) is 0 Å². The molecule has 1 unspecified atom stereocenters. The molecule has 0 aromatic heterocycles. The third kappa shape index (κ3) is 9.95.